The van der Waals surface area contributed by atoms with E-state index in [4.69, 9.17) is 4.74 Å². The molecule has 1 aliphatic heterocycles. The van der Waals surface area contributed by atoms with E-state index in [1.165, 1.54) is 11.8 Å². The number of halogens is 1. The zero-order valence-electron chi connectivity index (χ0n) is 14.5. The maximum Gasteiger partial charge on any atom is 0.239 e. The lowest BCUT2D eigenvalue weighted by Crippen LogP contribution is -2.29. The minimum Gasteiger partial charge on any atom is -0.496 e. The summed E-state index contributed by atoms with van der Waals surface area (Å²) in [5, 5.41) is 9.05. The Kier molecular flexibility index (Phi) is 6.11. The molecule has 0 bridgehead atoms. The number of aryl methyl sites for hydroxylation is 1. The standard InChI is InChI=1S/C19H18BrN3O2S/c1-13-5-3-4-6-14(13)11-23-18(24)12-26-19(23)22-21-10-15-9-16(20)7-8-17(15)25-2/h3-10H,11-12H2,1-2H3. The van der Waals surface area contributed by atoms with Gasteiger partial charge < -0.3 is 4.74 Å². The number of carbonyl (C=O) groups is 1. The molecule has 0 atom stereocenters. The van der Waals surface area contributed by atoms with Crippen LogP contribution in [0, 0.1) is 6.92 Å². The Morgan fingerprint density at radius 1 is 1.31 bits per heavy atom. The van der Waals surface area contributed by atoms with E-state index in [0.29, 0.717) is 23.2 Å². The number of amides is 1. The van der Waals surface area contributed by atoms with Gasteiger partial charge in [-0.2, -0.15) is 5.10 Å². The normalized spacial score (nSPS) is 16.0. The zero-order chi connectivity index (χ0) is 18.5. The Labute approximate surface area is 165 Å². The largest absolute Gasteiger partial charge is 0.496 e. The van der Waals surface area contributed by atoms with Crippen LogP contribution < -0.4 is 4.74 Å². The minimum absolute atomic E-state index is 0.0484. The van der Waals surface area contributed by atoms with Gasteiger partial charge in [-0.05, 0) is 36.2 Å². The Morgan fingerprint density at radius 3 is 2.88 bits per heavy atom. The van der Waals surface area contributed by atoms with Crippen LogP contribution in [0.5, 0.6) is 5.75 Å². The predicted molar refractivity (Wildman–Crippen MR) is 110 cm³/mol. The number of hydrogen-bond donors (Lipinski definition) is 0. The lowest BCUT2D eigenvalue weighted by atomic mass is 10.1. The van der Waals surface area contributed by atoms with Gasteiger partial charge in [0.25, 0.3) is 0 Å². The molecule has 1 heterocycles. The topological polar surface area (TPSA) is 54.3 Å². The number of thioether (sulfide) groups is 1. The van der Waals surface area contributed by atoms with Gasteiger partial charge in [0.05, 0.1) is 25.6 Å². The van der Waals surface area contributed by atoms with Crippen LogP contribution in [0.15, 0.2) is 57.1 Å². The summed E-state index contributed by atoms with van der Waals surface area (Å²) in [5.41, 5.74) is 3.07. The van der Waals surface area contributed by atoms with E-state index in [2.05, 4.69) is 26.1 Å². The van der Waals surface area contributed by atoms with Crippen LogP contribution in [0.4, 0.5) is 0 Å². The molecule has 1 fully saturated rings. The van der Waals surface area contributed by atoms with Crippen molar-refractivity contribution >= 4 is 45.0 Å². The Hall–Kier alpha value is -2.12. The van der Waals surface area contributed by atoms with Crippen molar-refractivity contribution in [2.45, 2.75) is 13.5 Å². The molecule has 0 unspecified atom stereocenters. The first-order valence-corrected chi connectivity index (χ1v) is 9.78. The average Bonchev–Trinajstić information content (AvgIpc) is 2.97. The molecule has 134 valence electrons. The van der Waals surface area contributed by atoms with Gasteiger partial charge in [0.15, 0.2) is 5.17 Å². The van der Waals surface area contributed by atoms with Crippen LogP contribution in [0.25, 0.3) is 0 Å². The van der Waals surface area contributed by atoms with Crippen molar-refractivity contribution in [3.8, 4) is 5.75 Å². The van der Waals surface area contributed by atoms with Crippen molar-refractivity contribution in [3.63, 3.8) is 0 Å². The lowest BCUT2D eigenvalue weighted by Gasteiger charge is -2.16. The Morgan fingerprint density at radius 2 is 2.12 bits per heavy atom. The van der Waals surface area contributed by atoms with Crippen molar-refractivity contribution in [3.05, 3.63) is 63.6 Å². The summed E-state index contributed by atoms with van der Waals surface area (Å²) in [7, 11) is 1.61. The summed E-state index contributed by atoms with van der Waals surface area (Å²) in [5.74, 6) is 1.15. The molecule has 2 aromatic rings. The van der Waals surface area contributed by atoms with E-state index in [9.17, 15) is 4.79 Å². The summed E-state index contributed by atoms with van der Waals surface area (Å²) in [6, 6.07) is 13.7. The molecule has 26 heavy (non-hydrogen) atoms. The van der Waals surface area contributed by atoms with E-state index in [0.717, 1.165) is 21.2 Å². The molecular weight excluding hydrogens is 414 g/mol. The first-order valence-electron chi connectivity index (χ1n) is 8.00. The second-order valence-electron chi connectivity index (χ2n) is 5.71. The number of hydrogen-bond acceptors (Lipinski definition) is 5. The average molecular weight is 432 g/mol. The third-order valence-electron chi connectivity index (χ3n) is 3.98. The molecule has 0 spiro atoms. The molecule has 0 aromatic heterocycles. The molecule has 0 saturated carbocycles. The van der Waals surface area contributed by atoms with Crippen molar-refractivity contribution < 1.29 is 9.53 Å². The maximum absolute atomic E-state index is 12.2. The predicted octanol–water partition coefficient (Wildman–Crippen LogP) is 4.23. The van der Waals surface area contributed by atoms with Gasteiger partial charge in [0.1, 0.15) is 5.75 Å². The van der Waals surface area contributed by atoms with Crippen LogP contribution >= 0.6 is 27.7 Å². The van der Waals surface area contributed by atoms with Gasteiger partial charge in [-0.15, -0.1) is 5.10 Å². The Balaban J connectivity index is 1.80. The van der Waals surface area contributed by atoms with Gasteiger partial charge in [-0.1, -0.05) is 52.0 Å². The van der Waals surface area contributed by atoms with Gasteiger partial charge in [-0.3, -0.25) is 9.69 Å². The summed E-state index contributed by atoms with van der Waals surface area (Å²) in [6.07, 6.45) is 1.63. The van der Waals surface area contributed by atoms with Gasteiger partial charge >= 0.3 is 0 Å². The smallest absolute Gasteiger partial charge is 0.239 e. The van der Waals surface area contributed by atoms with Crippen LogP contribution in [0.1, 0.15) is 16.7 Å². The molecule has 1 saturated heterocycles. The third kappa shape index (κ3) is 4.34. The Bertz CT molecular complexity index is 883. The summed E-state index contributed by atoms with van der Waals surface area (Å²) >= 11 is 4.84. The van der Waals surface area contributed by atoms with E-state index in [1.54, 1.807) is 18.2 Å². The van der Waals surface area contributed by atoms with Crippen molar-refractivity contribution in [1.29, 1.82) is 0 Å². The van der Waals surface area contributed by atoms with E-state index in [-0.39, 0.29) is 5.91 Å². The summed E-state index contributed by atoms with van der Waals surface area (Å²) < 4.78 is 6.25. The molecule has 0 N–H and O–H groups in total. The van der Waals surface area contributed by atoms with Crippen molar-refractivity contribution in [2.24, 2.45) is 10.2 Å². The monoisotopic (exact) mass is 431 g/mol. The van der Waals surface area contributed by atoms with Crippen molar-refractivity contribution in [2.75, 3.05) is 12.9 Å². The van der Waals surface area contributed by atoms with E-state index >= 15 is 0 Å². The highest BCUT2D eigenvalue weighted by Crippen LogP contribution is 2.24. The quantitative estimate of drug-likeness (QED) is 0.525. The third-order valence-corrected chi connectivity index (χ3v) is 5.42. The van der Waals surface area contributed by atoms with Gasteiger partial charge in [0.2, 0.25) is 5.91 Å². The SMILES string of the molecule is COc1ccc(Br)cc1C=NN=C1SCC(=O)N1Cc1ccccc1C. The molecule has 1 amide bonds. The van der Waals surface area contributed by atoms with E-state index < -0.39 is 0 Å². The number of amidine groups is 1. The molecule has 1 aliphatic rings. The molecule has 0 radical (unpaired) electrons. The van der Waals surface area contributed by atoms with E-state index in [1.807, 2.05) is 49.4 Å². The van der Waals surface area contributed by atoms with Crippen LogP contribution in [-0.2, 0) is 11.3 Å². The number of nitrogens with zero attached hydrogens (tertiary/aromatic N) is 3. The minimum atomic E-state index is 0.0484. The fraction of sp³-hybridized carbons (Fsp3) is 0.211. The zero-order valence-corrected chi connectivity index (χ0v) is 16.9. The molecule has 2 aromatic carbocycles. The van der Waals surface area contributed by atoms with Gasteiger partial charge in [0, 0.05) is 10.0 Å². The number of methoxy groups -OCH3 is 1. The highest BCUT2D eigenvalue weighted by atomic mass is 79.9. The van der Waals surface area contributed by atoms with Crippen LogP contribution in [-0.4, -0.2) is 35.1 Å². The molecule has 7 heteroatoms. The number of ether oxygens (including phenoxy) is 1. The summed E-state index contributed by atoms with van der Waals surface area (Å²) in [6.45, 7) is 2.55. The fourth-order valence-electron chi connectivity index (χ4n) is 2.53. The first kappa shape index (κ1) is 18.7. The molecule has 3 rings (SSSR count). The van der Waals surface area contributed by atoms with Gasteiger partial charge in [-0.25, -0.2) is 0 Å². The van der Waals surface area contributed by atoms with Crippen molar-refractivity contribution in [1.82, 2.24) is 4.90 Å². The molecule has 5 nitrogen and oxygen atoms in total. The highest BCUT2D eigenvalue weighted by Gasteiger charge is 2.28. The number of carbonyl (C=O) groups excluding carboxylic acids is 1. The highest BCUT2D eigenvalue weighted by molar-refractivity contribution is 9.10. The molecule has 0 aliphatic carbocycles. The number of rotatable bonds is 5. The fourth-order valence-corrected chi connectivity index (χ4v) is 3.75. The van der Waals surface area contributed by atoms with Crippen LogP contribution in [0.3, 0.4) is 0 Å². The summed E-state index contributed by atoms with van der Waals surface area (Å²) in [4.78, 5) is 13.9. The number of benzene rings is 2. The van der Waals surface area contributed by atoms with Crippen LogP contribution in [0.2, 0.25) is 0 Å². The first-order chi connectivity index (χ1) is 12.6. The molecular formula is C19H18BrN3O2S. The second-order valence-corrected chi connectivity index (χ2v) is 7.57. The lowest BCUT2D eigenvalue weighted by molar-refractivity contribution is -0.124. The maximum atomic E-state index is 12.2. The second kappa shape index (κ2) is 8.51.